The maximum atomic E-state index is 12.5. The van der Waals surface area contributed by atoms with Crippen LogP contribution in [0.4, 0.5) is 0 Å². The topological polar surface area (TPSA) is 61.8 Å². The summed E-state index contributed by atoms with van der Waals surface area (Å²) < 4.78 is 0. The standard InChI is InChI=1S/C20H23N3O2/c1-14(2)19-20(16-11-7-4-8-12-16)23(22-25)17(13-18(24)21-19)15-9-5-3-6-10-15/h3-12,14,17,19-20H,13H2,1-2H3,(H,21,24)/t17-,19-,20+/m0/s1. The molecule has 3 atom stereocenters. The van der Waals surface area contributed by atoms with Crippen molar-refractivity contribution in [1.82, 2.24) is 10.3 Å². The molecule has 5 heteroatoms. The van der Waals surface area contributed by atoms with Gasteiger partial charge in [0.2, 0.25) is 5.91 Å². The van der Waals surface area contributed by atoms with Crippen LogP contribution in [0.25, 0.3) is 0 Å². The van der Waals surface area contributed by atoms with Gasteiger partial charge in [-0.25, -0.2) is 5.01 Å². The van der Waals surface area contributed by atoms with Gasteiger partial charge in [0, 0.05) is 0 Å². The summed E-state index contributed by atoms with van der Waals surface area (Å²) in [7, 11) is 0. The Morgan fingerprint density at radius 1 is 1.00 bits per heavy atom. The Kier molecular flexibility index (Phi) is 5.12. The number of nitrogens with zero attached hydrogens (tertiary/aromatic N) is 2. The molecule has 1 saturated heterocycles. The van der Waals surface area contributed by atoms with E-state index in [0.29, 0.717) is 0 Å². The number of hydrogen-bond donors (Lipinski definition) is 1. The van der Waals surface area contributed by atoms with Crippen LogP contribution in [-0.4, -0.2) is 17.0 Å². The highest BCUT2D eigenvalue weighted by molar-refractivity contribution is 5.77. The van der Waals surface area contributed by atoms with Crippen molar-refractivity contribution in [3.8, 4) is 0 Å². The Morgan fingerprint density at radius 2 is 1.56 bits per heavy atom. The molecule has 3 rings (SSSR count). The lowest BCUT2D eigenvalue weighted by molar-refractivity contribution is -0.122. The van der Waals surface area contributed by atoms with Crippen LogP contribution in [0.3, 0.4) is 0 Å². The zero-order valence-corrected chi connectivity index (χ0v) is 14.5. The van der Waals surface area contributed by atoms with Crippen molar-refractivity contribution in [2.75, 3.05) is 0 Å². The molecule has 1 heterocycles. The number of benzene rings is 2. The predicted octanol–water partition coefficient (Wildman–Crippen LogP) is 4.00. The quantitative estimate of drug-likeness (QED) is 0.858. The van der Waals surface area contributed by atoms with Gasteiger partial charge in [0.25, 0.3) is 0 Å². The number of hydrogen-bond acceptors (Lipinski definition) is 3. The van der Waals surface area contributed by atoms with Crippen molar-refractivity contribution in [1.29, 1.82) is 0 Å². The summed E-state index contributed by atoms with van der Waals surface area (Å²) in [6, 6.07) is 18.5. The fraction of sp³-hybridized carbons (Fsp3) is 0.350. The minimum Gasteiger partial charge on any atom is -0.351 e. The predicted molar refractivity (Wildman–Crippen MR) is 97.4 cm³/mol. The van der Waals surface area contributed by atoms with E-state index in [1.165, 1.54) is 0 Å². The van der Waals surface area contributed by atoms with E-state index in [2.05, 4.69) is 10.6 Å². The van der Waals surface area contributed by atoms with Crippen LogP contribution >= 0.6 is 0 Å². The van der Waals surface area contributed by atoms with Crippen LogP contribution in [0.15, 0.2) is 65.9 Å². The number of rotatable bonds is 4. The van der Waals surface area contributed by atoms with Gasteiger partial charge < -0.3 is 5.32 Å². The molecule has 1 fully saturated rings. The number of nitrogens with one attached hydrogen (secondary N) is 1. The largest absolute Gasteiger partial charge is 0.351 e. The molecule has 2 aromatic carbocycles. The lowest BCUT2D eigenvalue weighted by Gasteiger charge is -2.36. The molecule has 5 nitrogen and oxygen atoms in total. The third-order valence-electron chi connectivity index (χ3n) is 4.79. The van der Waals surface area contributed by atoms with Crippen LogP contribution in [0, 0.1) is 10.8 Å². The van der Waals surface area contributed by atoms with Gasteiger partial charge in [-0.05, 0) is 17.0 Å². The molecule has 0 radical (unpaired) electrons. The first-order valence-electron chi connectivity index (χ1n) is 8.62. The third kappa shape index (κ3) is 3.55. The van der Waals surface area contributed by atoms with Crippen molar-refractivity contribution in [3.63, 3.8) is 0 Å². The molecule has 1 aliphatic rings. The van der Waals surface area contributed by atoms with Gasteiger partial charge in [0.05, 0.1) is 29.8 Å². The average molecular weight is 337 g/mol. The molecule has 2 aromatic rings. The molecule has 1 aliphatic heterocycles. The van der Waals surface area contributed by atoms with E-state index in [1.54, 1.807) is 5.01 Å². The molecule has 130 valence electrons. The molecule has 0 bridgehead atoms. The van der Waals surface area contributed by atoms with Gasteiger partial charge in [0.15, 0.2) is 0 Å². The smallest absolute Gasteiger partial charge is 0.222 e. The molecule has 0 aliphatic carbocycles. The van der Waals surface area contributed by atoms with Gasteiger partial charge in [-0.3, -0.25) is 4.79 Å². The highest BCUT2D eigenvalue weighted by atomic mass is 16.3. The highest BCUT2D eigenvalue weighted by Crippen LogP contribution is 2.39. The molecule has 1 amide bonds. The van der Waals surface area contributed by atoms with Gasteiger partial charge in [-0.2, -0.15) is 0 Å². The zero-order valence-electron chi connectivity index (χ0n) is 14.5. The SMILES string of the molecule is CC(C)[C@@H]1NC(=O)C[C@@H](c2ccccc2)N(N=O)[C@@H]1c1ccccc1. The molecule has 0 spiro atoms. The summed E-state index contributed by atoms with van der Waals surface area (Å²) in [4.78, 5) is 24.4. The van der Waals surface area contributed by atoms with Crippen molar-refractivity contribution >= 4 is 5.91 Å². The fourth-order valence-corrected chi connectivity index (χ4v) is 3.55. The van der Waals surface area contributed by atoms with Crippen LogP contribution in [0.2, 0.25) is 0 Å². The van der Waals surface area contributed by atoms with E-state index in [-0.39, 0.29) is 36.4 Å². The fourth-order valence-electron chi connectivity index (χ4n) is 3.55. The third-order valence-corrected chi connectivity index (χ3v) is 4.79. The van der Waals surface area contributed by atoms with Crippen molar-refractivity contribution in [2.24, 2.45) is 11.2 Å². The van der Waals surface area contributed by atoms with Crippen LogP contribution in [0.1, 0.15) is 43.5 Å². The number of nitroso groups, excluding NO2 is 1. The first-order chi connectivity index (χ1) is 12.1. The summed E-state index contributed by atoms with van der Waals surface area (Å²) in [5.41, 5.74) is 1.89. The Labute approximate surface area is 148 Å². The normalized spacial score (nSPS) is 23.9. The van der Waals surface area contributed by atoms with Gasteiger partial charge in [0.1, 0.15) is 0 Å². The lowest BCUT2D eigenvalue weighted by Crippen LogP contribution is -2.44. The second kappa shape index (κ2) is 7.47. The molecular formula is C20H23N3O2. The van der Waals surface area contributed by atoms with E-state index in [4.69, 9.17) is 0 Å². The van der Waals surface area contributed by atoms with E-state index in [1.807, 2.05) is 74.5 Å². The van der Waals surface area contributed by atoms with Crippen LogP contribution in [-0.2, 0) is 4.79 Å². The Bertz CT molecular complexity index is 718. The Morgan fingerprint density at radius 3 is 2.08 bits per heavy atom. The monoisotopic (exact) mass is 337 g/mol. The Hall–Kier alpha value is -2.69. The second-order valence-corrected chi connectivity index (χ2v) is 6.79. The highest BCUT2D eigenvalue weighted by Gasteiger charge is 2.41. The van der Waals surface area contributed by atoms with E-state index < -0.39 is 0 Å². The maximum Gasteiger partial charge on any atom is 0.222 e. The molecule has 25 heavy (non-hydrogen) atoms. The van der Waals surface area contributed by atoms with Gasteiger partial charge in [-0.1, -0.05) is 74.5 Å². The average Bonchev–Trinajstić information content (AvgIpc) is 2.79. The molecule has 1 N–H and O–H groups in total. The van der Waals surface area contributed by atoms with E-state index in [9.17, 15) is 9.70 Å². The van der Waals surface area contributed by atoms with Crippen molar-refractivity contribution < 1.29 is 4.79 Å². The van der Waals surface area contributed by atoms with E-state index >= 15 is 0 Å². The van der Waals surface area contributed by atoms with Crippen LogP contribution in [0.5, 0.6) is 0 Å². The number of carbonyl (C=O) groups is 1. The second-order valence-electron chi connectivity index (χ2n) is 6.79. The summed E-state index contributed by atoms with van der Waals surface area (Å²) in [6.45, 7) is 4.10. The van der Waals surface area contributed by atoms with E-state index in [0.717, 1.165) is 11.1 Å². The van der Waals surface area contributed by atoms with Crippen molar-refractivity contribution in [3.05, 3.63) is 76.7 Å². The summed E-state index contributed by atoms with van der Waals surface area (Å²) in [6.07, 6.45) is 0.211. The van der Waals surface area contributed by atoms with Crippen molar-refractivity contribution in [2.45, 2.75) is 38.4 Å². The molecule has 0 aromatic heterocycles. The van der Waals surface area contributed by atoms with Crippen LogP contribution < -0.4 is 5.32 Å². The number of carbonyl (C=O) groups excluding carboxylic acids is 1. The first kappa shape index (κ1) is 17.1. The summed E-state index contributed by atoms with van der Waals surface area (Å²) >= 11 is 0. The molecule has 0 unspecified atom stereocenters. The minimum absolute atomic E-state index is 0.0559. The van der Waals surface area contributed by atoms with Gasteiger partial charge >= 0.3 is 0 Å². The Balaban J connectivity index is 2.11. The first-order valence-corrected chi connectivity index (χ1v) is 8.62. The maximum absolute atomic E-state index is 12.5. The number of amides is 1. The lowest BCUT2D eigenvalue weighted by atomic mass is 9.90. The zero-order chi connectivity index (χ0) is 17.8. The summed E-state index contributed by atoms with van der Waals surface area (Å²) in [5, 5.41) is 8.06. The summed E-state index contributed by atoms with van der Waals surface area (Å²) in [5.74, 6) is 0.104. The molecule has 0 saturated carbocycles. The molecular weight excluding hydrogens is 314 g/mol. The minimum atomic E-state index is -0.382. The van der Waals surface area contributed by atoms with Gasteiger partial charge in [-0.15, -0.1) is 4.91 Å².